The van der Waals surface area contributed by atoms with Crippen molar-refractivity contribution in [1.82, 2.24) is 20.2 Å². The van der Waals surface area contributed by atoms with Crippen molar-refractivity contribution in [1.29, 1.82) is 0 Å². The summed E-state index contributed by atoms with van der Waals surface area (Å²) in [7, 11) is 3.17. The third-order valence-electron chi connectivity index (χ3n) is 3.60. The molecule has 0 saturated carbocycles. The van der Waals surface area contributed by atoms with E-state index in [-0.39, 0.29) is 12.3 Å². The van der Waals surface area contributed by atoms with E-state index in [1.807, 2.05) is 24.3 Å². The zero-order chi connectivity index (χ0) is 17.6. The Morgan fingerprint density at radius 3 is 2.44 bits per heavy atom. The highest BCUT2D eigenvalue weighted by molar-refractivity contribution is 5.94. The summed E-state index contributed by atoms with van der Waals surface area (Å²) in [6.07, 6.45) is 1.69. The molecule has 0 saturated heterocycles. The molecule has 8 heteroatoms. The van der Waals surface area contributed by atoms with Crippen molar-refractivity contribution in [3.8, 4) is 17.2 Å². The van der Waals surface area contributed by atoms with E-state index >= 15 is 0 Å². The lowest BCUT2D eigenvalue weighted by Crippen LogP contribution is -2.16. The number of nitrogens with zero attached hydrogens (tertiary/aromatic N) is 4. The third kappa shape index (κ3) is 3.92. The number of hydrogen-bond donors (Lipinski definition) is 1. The van der Waals surface area contributed by atoms with Crippen LogP contribution in [0.4, 0.5) is 5.69 Å². The standard InChI is InChI=1S/C17H17N5O3/c1-24-13-5-3-12(4-6-13)9-17(23)19-15-10-14(25-2)7-8-16(15)22-11-18-20-21-22/h3-8,10-11H,9H2,1-2H3,(H,19,23). The number of benzene rings is 2. The normalized spacial score (nSPS) is 10.3. The molecule has 0 aliphatic carbocycles. The van der Waals surface area contributed by atoms with Gasteiger partial charge in [0.2, 0.25) is 5.91 Å². The number of anilines is 1. The average Bonchev–Trinajstić information content (AvgIpc) is 3.16. The van der Waals surface area contributed by atoms with Crippen LogP contribution in [0.3, 0.4) is 0 Å². The van der Waals surface area contributed by atoms with E-state index < -0.39 is 0 Å². The number of methoxy groups -OCH3 is 2. The molecule has 25 heavy (non-hydrogen) atoms. The fraction of sp³-hybridized carbons (Fsp3) is 0.176. The second-order valence-electron chi connectivity index (χ2n) is 5.21. The van der Waals surface area contributed by atoms with Gasteiger partial charge >= 0.3 is 0 Å². The van der Waals surface area contributed by atoms with Crippen LogP contribution in [0, 0.1) is 0 Å². The Kier molecular flexibility index (Phi) is 4.89. The van der Waals surface area contributed by atoms with Crippen LogP contribution < -0.4 is 14.8 Å². The van der Waals surface area contributed by atoms with Crippen LogP contribution in [0.1, 0.15) is 5.56 Å². The molecule has 1 heterocycles. The Bertz CT molecular complexity index is 847. The molecule has 0 spiro atoms. The van der Waals surface area contributed by atoms with E-state index in [9.17, 15) is 4.79 Å². The highest BCUT2D eigenvalue weighted by Gasteiger charge is 2.12. The van der Waals surface area contributed by atoms with Crippen LogP contribution in [-0.4, -0.2) is 40.3 Å². The highest BCUT2D eigenvalue weighted by atomic mass is 16.5. The van der Waals surface area contributed by atoms with Crippen molar-refractivity contribution in [2.45, 2.75) is 6.42 Å². The van der Waals surface area contributed by atoms with Gasteiger partial charge in [0.15, 0.2) is 0 Å². The Hall–Kier alpha value is -3.42. The molecule has 0 unspecified atom stereocenters. The minimum Gasteiger partial charge on any atom is -0.497 e. The van der Waals surface area contributed by atoms with Crippen molar-refractivity contribution in [3.63, 3.8) is 0 Å². The first kappa shape index (κ1) is 16.4. The number of tetrazole rings is 1. The molecule has 8 nitrogen and oxygen atoms in total. The molecule has 0 radical (unpaired) electrons. The SMILES string of the molecule is COc1ccc(CC(=O)Nc2cc(OC)ccc2-n2cnnn2)cc1. The molecule has 0 bridgehead atoms. The van der Waals surface area contributed by atoms with Crippen LogP contribution in [0.5, 0.6) is 11.5 Å². The maximum Gasteiger partial charge on any atom is 0.228 e. The molecule has 0 aliphatic rings. The summed E-state index contributed by atoms with van der Waals surface area (Å²) in [6, 6.07) is 12.6. The van der Waals surface area contributed by atoms with Crippen LogP contribution in [0.25, 0.3) is 5.69 Å². The van der Waals surface area contributed by atoms with Crippen molar-refractivity contribution < 1.29 is 14.3 Å². The van der Waals surface area contributed by atoms with Gasteiger partial charge in [0.1, 0.15) is 17.8 Å². The number of ether oxygens (including phenoxy) is 2. The quantitative estimate of drug-likeness (QED) is 0.737. The van der Waals surface area contributed by atoms with Crippen LogP contribution >= 0.6 is 0 Å². The first-order chi connectivity index (χ1) is 12.2. The van der Waals surface area contributed by atoms with Crippen molar-refractivity contribution >= 4 is 11.6 Å². The maximum atomic E-state index is 12.4. The van der Waals surface area contributed by atoms with Gasteiger partial charge in [0, 0.05) is 6.07 Å². The maximum absolute atomic E-state index is 12.4. The van der Waals surface area contributed by atoms with E-state index in [0.717, 1.165) is 11.3 Å². The minimum absolute atomic E-state index is 0.159. The lowest BCUT2D eigenvalue weighted by atomic mass is 10.1. The molecule has 1 aromatic heterocycles. The fourth-order valence-corrected chi connectivity index (χ4v) is 2.34. The molecular weight excluding hydrogens is 322 g/mol. The van der Waals surface area contributed by atoms with E-state index in [1.165, 1.54) is 11.0 Å². The molecule has 3 aromatic rings. The number of hydrogen-bond acceptors (Lipinski definition) is 6. The second-order valence-corrected chi connectivity index (χ2v) is 5.21. The first-order valence-electron chi connectivity index (χ1n) is 7.54. The monoisotopic (exact) mass is 339 g/mol. The Morgan fingerprint density at radius 1 is 1.08 bits per heavy atom. The van der Waals surface area contributed by atoms with Gasteiger partial charge in [0.05, 0.1) is 32.0 Å². The summed E-state index contributed by atoms with van der Waals surface area (Å²) in [5.41, 5.74) is 2.09. The molecule has 3 rings (SSSR count). The molecule has 0 atom stereocenters. The summed E-state index contributed by atoms with van der Waals surface area (Å²) >= 11 is 0. The van der Waals surface area contributed by atoms with Gasteiger partial charge in [-0.3, -0.25) is 4.79 Å². The molecular formula is C17H17N5O3. The van der Waals surface area contributed by atoms with Crippen molar-refractivity contribution in [2.75, 3.05) is 19.5 Å². The summed E-state index contributed by atoms with van der Waals surface area (Å²) in [4.78, 5) is 12.4. The Labute approximate surface area is 144 Å². The zero-order valence-corrected chi connectivity index (χ0v) is 13.8. The number of carbonyl (C=O) groups is 1. The summed E-state index contributed by atoms with van der Waals surface area (Å²) in [6.45, 7) is 0. The molecule has 1 amide bonds. The van der Waals surface area contributed by atoms with Gasteiger partial charge in [-0.15, -0.1) is 5.10 Å². The molecule has 1 N–H and O–H groups in total. The van der Waals surface area contributed by atoms with Crippen LogP contribution in [0.2, 0.25) is 0 Å². The highest BCUT2D eigenvalue weighted by Crippen LogP contribution is 2.25. The van der Waals surface area contributed by atoms with Crippen LogP contribution in [-0.2, 0) is 11.2 Å². The van der Waals surface area contributed by atoms with E-state index in [1.54, 1.807) is 32.4 Å². The number of rotatable bonds is 6. The molecule has 0 aliphatic heterocycles. The van der Waals surface area contributed by atoms with Crippen molar-refractivity contribution in [3.05, 3.63) is 54.4 Å². The Balaban J connectivity index is 1.79. The predicted octanol–water partition coefficient (Wildman–Crippen LogP) is 1.86. The topological polar surface area (TPSA) is 91.2 Å². The predicted molar refractivity (Wildman–Crippen MR) is 91.0 cm³/mol. The summed E-state index contributed by atoms with van der Waals surface area (Å²) in [5.74, 6) is 1.21. The average molecular weight is 339 g/mol. The van der Waals surface area contributed by atoms with Crippen LogP contribution in [0.15, 0.2) is 48.8 Å². The molecule has 2 aromatic carbocycles. The largest absolute Gasteiger partial charge is 0.497 e. The number of nitrogens with one attached hydrogen (secondary N) is 1. The van der Waals surface area contributed by atoms with Gasteiger partial charge in [-0.1, -0.05) is 12.1 Å². The second kappa shape index (κ2) is 7.43. The van der Waals surface area contributed by atoms with E-state index in [2.05, 4.69) is 20.8 Å². The van der Waals surface area contributed by atoms with Gasteiger partial charge in [-0.25, -0.2) is 0 Å². The summed E-state index contributed by atoms with van der Waals surface area (Å²) < 4.78 is 11.8. The Morgan fingerprint density at radius 2 is 1.80 bits per heavy atom. The molecule has 128 valence electrons. The first-order valence-corrected chi connectivity index (χ1v) is 7.54. The third-order valence-corrected chi connectivity index (χ3v) is 3.60. The number of amides is 1. The van der Waals surface area contributed by atoms with Gasteiger partial charge in [0.25, 0.3) is 0 Å². The van der Waals surface area contributed by atoms with E-state index in [4.69, 9.17) is 9.47 Å². The van der Waals surface area contributed by atoms with E-state index in [0.29, 0.717) is 17.1 Å². The van der Waals surface area contributed by atoms with Gasteiger partial charge in [-0.2, -0.15) is 4.68 Å². The lowest BCUT2D eigenvalue weighted by Gasteiger charge is -2.12. The van der Waals surface area contributed by atoms with Gasteiger partial charge < -0.3 is 14.8 Å². The fourth-order valence-electron chi connectivity index (χ4n) is 2.34. The lowest BCUT2D eigenvalue weighted by molar-refractivity contribution is -0.115. The minimum atomic E-state index is -0.159. The number of carbonyl (C=O) groups excluding carboxylic acids is 1. The smallest absolute Gasteiger partial charge is 0.228 e. The molecule has 0 fully saturated rings. The van der Waals surface area contributed by atoms with Gasteiger partial charge in [-0.05, 0) is 40.3 Å². The zero-order valence-electron chi connectivity index (χ0n) is 13.8. The van der Waals surface area contributed by atoms with Crippen molar-refractivity contribution in [2.24, 2.45) is 0 Å². The number of aromatic nitrogens is 4. The summed E-state index contributed by atoms with van der Waals surface area (Å²) in [5, 5.41) is 14.0.